The van der Waals surface area contributed by atoms with Crippen molar-refractivity contribution in [2.75, 3.05) is 11.5 Å². The lowest BCUT2D eigenvalue weighted by molar-refractivity contribution is -0.118. The van der Waals surface area contributed by atoms with Gasteiger partial charge in [-0.3, -0.25) is 9.36 Å². The molecule has 0 radical (unpaired) electrons. The lowest BCUT2D eigenvalue weighted by atomic mass is 10.0. The number of thioether (sulfide) groups is 1. The van der Waals surface area contributed by atoms with Crippen molar-refractivity contribution in [1.82, 2.24) is 25.1 Å². The van der Waals surface area contributed by atoms with Crippen LogP contribution in [0.2, 0.25) is 0 Å². The highest BCUT2D eigenvalue weighted by Crippen LogP contribution is 2.24. The Bertz CT molecular complexity index is 1220. The van der Waals surface area contributed by atoms with Crippen LogP contribution in [0.5, 0.6) is 0 Å². The van der Waals surface area contributed by atoms with E-state index in [1.54, 1.807) is 0 Å². The maximum atomic E-state index is 12.5. The zero-order valence-corrected chi connectivity index (χ0v) is 19.5. The minimum Gasteiger partial charge on any atom is -0.375 e. The molecule has 164 valence electrons. The van der Waals surface area contributed by atoms with Gasteiger partial charge in [-0.25, -0.2) is 4.98 Å². The summed E-state index contributed by atoms with van der Waals surface area (Å²) in [7, 11) is 0. The number of aryl methyl sites for hydroxylation is 1. The molecule has 0 unspecified atom stereocenters. The normalized spacial score (nSPS) is 10.9. The fourth-order valence-corrected chi connectivity index (χ4v) is 4.65. The molecule has 0 atom stereocenters. The molecule has 4 aromatic rings. The number of carbonyl (C=O) groups excluding carboxylic acids is 1. The highest BCUT2D eigenvalue weighted by Gasteiger charge is 2.17. The molecule has 0 bridgehead atoms. The van der Waals surface area contributed by atoms with Gasteiger partial charge in [0.2, 0.25) is 5.91 Å². The van der Waals surface area contributed by atoms with Crippen LogP contribution in [0.1, 0.15) is 28.2 Å². The van der Waals surface area contributed by atoms with Crippen molar-refractivity contribution >= 4 is 34.1 Å². The summed E-state index contributed by atoms with van der Waals surface area (Å²) in [5.41, 5.74) is 11.1. The van der Waals surface area contributed by atoms with E-state index in [2.05, 4.69) is 40.4 Å². The number of nitrogens with zero attached hydrogens (tertiary/aromatic N) is 4. The van der Waals surface area contributed by atoms with Gasteiger partial charge in [-0.15, -0.1) is 21.5 Å². The quantitative estimate of drug-likeness (QED) is 0.384. The zero-order chi connectivity index (χ0) is 22.5. The van der Waals surface area contributed by atoms with Gasteiger partial charge in [0.15, 0.2) is 10.3 Å². The highest BCUT2D eigenvalue weighted by molar-refractivity contribution is 7.99. The molecule has 7 nitrogen and oxygen atoms in total. The average Bonchev–Trinajstić information content (AvgIpc) is 3.39. The monoisotopic (exact) mass is 464 g/mol. The second kappa shape index (κ2) is 9.97. The second-order valence-electron chi connectivity index (χ2n) is 7.35. The summed E-state index contributed by atoms with van der Waals surface area (Å²) in [6.45, 7) is 4.66. The Morgan fingerprint density at radius 1 is 1.12 bits per heavy atom. The first-order valence-electron chi connectivity index (χ1n) is 10.2. The molecule has 2 heterocycles. The Morgan fingerprint density at radius 2 is 1.94 bits per heavy atom. The average molecular weight is 465 g/mol. The van der Waals surface area contributed by atoms with Crippen LogP contribution in [0.3, 0.4) is 0 Å². The number of anilines is 1. The summed E-state index contributed by atoms with van der Waals surface area (Å²) in [6.07, 6.45) is 0.509. The van der Waals surface area contributed by atoms with Crippen molar-refractivity contribution in [2.24, 2.45) is 0 Å². The molecule has 0 spiro atoms. The standard InChI is InChI=1S/C23H24N6OS2/c1-15-7-6-8-17(16(15)2)12-25-21(30)14-32-23-28-27-20(11-18-13-31-22(24)26-18)29(23)19-9-4-3-5-10-19/h3-10,13H,11-12,14H2,1-2H3,(H2,24,26)(H,25,30). The van der Waals surface area contributed by atoms with Crippen LogP contribution in [0.15, 0.2) is 59.1 Å². The molecule has 0 fully saturated rings. The summed E-state index contributed by atoms with van der Waals surface area (Å²) in [4.78, 5) is 16.9. The molecule has 3 N–H and O–H groups in total. The van der Waals surface area contributed by atoms with Gasteiger partial charge in [-0.05, 0) is 42.7 Å². The van der Waals surface area contributed by atoms with Crippen molar-refractivity contribution in [3.8, 4) is 5.69 Å². The molecule has 0 aliphatic rings. The van der Waals surface area contributed by atoms with Gasteiger partial charge >= 0.3 is 0 Å². The van der Waals surface area contributed by atoms with E-state index in [0.29, 0.717) is 23.3 Å². The van der Waals surface area contributed by atoms with Crippen LogP contribution >= 0.6 is 23.1 Å². The largest absolute Gasteiger partial charge is 0.375 e. The van der Waals surface area contributed by atoms with Gasteiger partial charge in [-0.1, -0.05) is 48.2 Å². The maximum Gasteiger partial charge on any atom is 0.230 e. The number of carbonyl (C=O) groups is 1. The molecule has 2 aromatic heterocycles. The molecule has 0 aliphatic carbocycles. The first kappa shape index (κ1) is 22.0. The number of thiazole rings is 1. The summed E-state index contributed by atoms with van der Waals surface area (Å²) in [5, 5.41) is 14.8. The Morgan fingerprint density at radius 3 is 2.69 bits per heavy atom. The van der Waals surface area contributed by atoms with Crippen LogP contribution in [0, 0.1) is 13.8 Å². The first-order valence-corrected chi connectivity index (χ1v) is 12.0. The molecule has 4 rings (SSSR count). The topological polar surface area (TPSA) is 98.7 Å². The van der Waals surface area contributed by atoms with Crippen LogP contribution < -0.4 is 11.1 Å². The van der Waals surface area contributed by atoms with E-state index in [1.807, 2.05) is 52.4 Å². The first-order chi connectivity index (χ1) is 15.5. The van der Waals surface area contributed by atoms with Crippen LogP contribution in [-0.4, -0.2) is 31.4 Å². The number of hydrogen-bond acceptors (Lipinski definition) is 7. The van der Waals surface area contributed by atoms with E-state index in [-0.39, 0.29) is 11.7 Å². The third-order valence-electron chi connectivity index (χ3n) is 5.15. The summed E-state index contributed by atoms with van der Waals surface area (Å²) < 4.78 is 1.97. The number of hydrogen-bond donors (Lipinski definition) is 2. The van der Waals surface area contributed by atoms with E-state index in [9.17, 15) is 4.79 Å². The number of aromatic nitrogens is 4. The summed E-state index contributed by atoms with van der Waals surface area (Å²) in [6, 6.07) is 16.0. The number of nitrogens with two attached hydrogens (primary N) is 1. The van der Waals surface area contributed by atoms with E-state index < -0.39 is 0 Å². The summed E-state index contributed by atoms with van der Waals surface area (Å²) in [5.74, 6) is 0.951. The minimum absolute atomic E-state index is 0.0488. The van der Waals surface area contributed by atoms with Gasteiger partial charge in [-0.2, -0.15) is 0 Å². The molecular formula is C23H24N6OS2. The lowest BCUT2D eigenvalue weighted by Gasteiger charge is -2.11. The molecule has 0 saturated heterocycles. The van der Waals surface area contributed by atoms with Crippen molar-refractivity contribution in [2.45, 2.75) is 32.0 Å². The van der Waals surface area contributed by atoms with Crippen molar-refractivity contribution in [1.29, 1.82) is 0 Å². The Balaban J connectivity index is 1.47. The molecule has 0 saturated carbocycles. The zero-order valence-electron chi connectivity index (χ0n) is 17.9. The maximum absolute atomic E-state index is 12.5. The third kappa shape index (κ3) is 5.17. The van der Waals surface area contributed by atoms with Gasteiger partial charge in [0, 0.05) is 17.6 Å². The van der Waals surface area contributed by atoms with E-state index >= 15 is 0 Å². The SMILES string of the molecule is Cc1cccc(CNC(=O)CSc2nnc(Cc3csc(N)n3)n2-c2ccccc2)c1C. The smallest absolute Gasteiger partial charge is 0.230 e. The fraction of sp³-hybridized carbons (Fsp3) is 0.217. The molecule has 0 aliphatic heterocycles. The predicted molar refractivity (Wildman–Crippen MR) is 129 cm³/mol. The summed E-state index contributed by atoms with van der Waals surface area (Å²) >= 11 is 2.77. The number of amides is 1. The Kier molecular flexibility index (Phi) is 6.87. The molecule has 32 heavy (non-hydrogen) atoms. The van der Waals surface area contributed by atoms with E-state index in [4.69, 9.17) is 5.73 Å². The fourth-order valence-electron chi connectivity index (χ4n) is 3.29. The Labute approximate surface area is 195 Å². The minimum atomic E-state index is -0.0488. The third-order valence-corrected chi connectivity index (χ3v) is 6.80. The van der Waals surface area contributed by atoms with Crippen LogP contribution in [0.25, 0.3) is 5.69 Å². The highest BCUT2D eigenvalue weighted by atomic mass is 32.2. The number of nitrogens with one attached hydrogen (secondary N) is 1. The van der Waals surface area contributed by atoms with Crippen LogP contribution in [0.4, 0.5) is 5.13 Å². The molecule has 1 amide bonds. The number of benzene rings is 2. The number of rotatable bonds is 8. The van der Waals surface area contributed by atoms with Crippen molar-refractivity contribution in [3.63, 3.8) is 0 Å². The Hall–Kier alpha value is -3.17. The number of para-hydroxylation sites is 1. The van der Waals surface area contributed by atoms with Crippen molar-refractivity contribution in [3.05, 3.63) is 82.1 Å². The second-order valence-corrected chi connectivity index (χ2v) is 9.18. The van der Waals surface area contributed by atoms with Gasteiger partial charge in [0.1, 0.15) is 5.82 Å². The van der Waals surface area contributed by atoms with Crippen LogP contribution in [-0.2, 0) is 17.8 Å². The van der Waals surface area contributed by atoms with Gasteiger partial charge < -0.3 is 11.1 Å². The lowest BCUT2D eigenvalue weighted by Crippen LogP contribution is -2.25. The van der Waals surface area contributed by atoms with Gasteiger partial charge in [0.25, 0.3) is 0 Å². The molecular weight excluding hydrogens is 440 g/mol. The van der Waals surface area contributed by atoms with E-state index in [1.165, 1.54) is 34.2 Å². The van der Waals surface area contributed by atoms with E-state index in [0.717, 1.165) is 22.8 Å². The number of nitrogen functional groups attached to an aromatic ring is 1. The van der Waals surface area contributed by atoms with Gasteiger partial charge in [0.05, 0.1) is 17.9 Å². The predicted octanol–water partition coefficient (Wildman–Crippen LogP) is 3.92. The van der Waals surface area contributed by atoms with Crippen molar-refractivity contribution < 1.29 is 4.79 Å². The molecule has 2 aromatic carbocycles. The molecule has 9 heteroatoms.